The van der Waals surface area contributed by atoms with Crippen LogP contribution in [0.3, 0.4) is 0 Å². The number of anilines is 1. The lowest BCUT2D eigenvalue weighted by Gasteiger charge is -2.26. The van der Waals surface area contributed by atoms with Crippen molar-refractivity contribution in [3.05, 3.63) is 100 Å². The number of aromatic nitrogens is 8. The monoisotopic (exact) mass is 593 g/mol. The van der Waals surface area contributed by atoms with Crippen LogP contribution in [0.1, 0.15) is 72.1 Å². The quantitative estimate of drug-likeness (QED) is 0.159. The van der Waals surface area contributed by atoms with Crippen LogP contribution in [0.5, 0.6) is 11.5 Å². The zero-order valence-electron chi connectivity index (χ0n) is 25.1. The molecule has 0 aliphatic heterocycles. The maximum atomic E-state index is 11.3. The molecule has 0 amide bonds. The molecule has 13 nitrogen and oxygen atoms in total. The lowest BCUT2D eigenvalue weighted by Crippen LogP contribution is -2.24. The van der Waals surface area contributed by atoms with E-state index in [0.29, 0.717) is 22.8 Å². The van der Waals surface area contributed by atoms with Gasteiger partial charge in [0.1, 0.15) is 11.5 Å². The summed E-state index contributed by atoms with van der Waals surface area (Å²) in [6, 6.07) is 18.7. The Labute approximate surface area is 255 Å². The van der Waals surface area contributed by atoms with Gasteiger partial charge in [0.2, 0.25) is 0 Å². The SMILES string of the molecule is CCCCN(CC)c1cccc(C(c2cc(/C=N/n3nnnc3C)ccc2O)c2cc(/C=N/n3nnnc3C)ccc2O)c1. The van der Waals surface area contributed by atoms with Crippen LogP contribution in [0, 0.1) is 13.8 Å². The van der Waals surface area contributed by atoms with E-state index >= 15 is 0 Å². The third kappa shape index (κ3) is 6.77. The van der Waals surface area contributed by atoms with E-state index in [1.807, 2.05) is 24.3 Å². The number of hydrogen-bond acceptors (Lipinski definition) is 11. The number of tetrazole rings is 2. The van der Waals surface area contributed by atoms with Crippen molar-refractivity contribution in [3.63, 3.8) is 0 Å². The van der Waals surface area contributed by atoms with Gasteiger partial charge in [-0.25, -0.2) is 0 Å². The molecule has 0 aliphatic rings. The minimum Gasteiger partial charge on any atom is -0.508 e. The summed E-state index contributed by atoms with van der Waals surface area (Å²) >= 11 is 0. The molecule has 3 aromatic carbocycles. The van der Waals surface area contributed by atoms with E-state index in [2.05, 4.69) is 72.1 Å². The second-order valence-electron chi connectivity index (χ2n) is 10.3. The van der Waals surface area contributed by atoms with Crippen molar-refractivity contribution in [2.75, 3.05) is 18.0 Å². The largest absolute Gasteiger partial charge is 0.508 e. The zero-order chi connectivity index (χ0) is 31.1. The Bertz CT molecular complexity index is 1680. The highest BCUT2D eigenvalue weighted by Gasteiger charge is 2.24. The number of benzene rings is 3. The van der Waals surface area contributed by atoms with Crippen molar-refractivity contribution in [1.29, 1.82) is 0 Å². The van der Waals surface area contributed by atoms with Gasteiger partial charge in [-0.2, -0.15) is 10.2 Å². The molecule has 44 heavy (non-hydrogen) atoms. The number of aryl methyl sites for hydroxylation is 2. The molecule has 0 atom stereocenters. The Morgan fingerprint density at radius 2 is 1.36 bits per heavy atom. The molecule has 226 valence electrons. The van der Waals surface area contributed by atoms with Crippen LogP contribution < -0.4 is 4.90 Å². The first kappa shape index (κ1) is 30.0. The van der Waals surface area contributed by atoms with Crippen molar-refractivity contribution >= 4 is 18.1 Å². The van der Waals surface area contributed by atoms with Gasteiger partial charge in [-0.05, 0) is 113 Å². The molecular weight excluding hydrogens is 558 g/mol. The molecule has 0 saturated heterocycles. The lowest BCUT2D eigenvalue weighted by molar-refractivity contribution is 0.458. The van der Waals surface area contributed by atoms with Crippen molar-refractivity contribution in [1.82, 2.24) is 40.6 Å². The summed E-state index contributed by atoms with van der Waals surface area (Å²) in [6.07, 6.45) is 5.42. The molecule has 0 unspecified atom stereocenters. The normalized spacial score (nSPS) is 11.8. The standard InChI is InChI=1S/C31H35N11O2/c1-5-7-15-40(6-2)26-10-8-9-25(18-26)31(27-16-23(11-13-29(27)43)19-32-41-21(3)34-36-38-41)28-17-24(12-14-30(28)44)20-33-42-22(4)35-37-39-42/h8-14,16-20,31,43-44H,5-7,15H2,1-4H3/b32-19+,33-20+. The van der Waals surface area contributed by atoms with Gasteiger partial charge in [0.25, 0.3) is 0 Å². The lowest BCUT2D eigenvalue weighted by atomic mass is 9.82. The Morgan fingerprint density at radius 1 is 0.795 bits per heavy atom. The highest BCUT2D eigenvalue weighted by molar-refractivity contribution is 5.82. The molecule has 2 heterocycles. The highest BCUT2D eigenvalue weighted by Crippen LogP contribution is 2.42. The molecule has 2 N–H and O–H groups in total. The molecule has 2 aromatic heterocycles. The van der Waals surface area contributed by atoms with Gasteiger partial charge in [-0.15, -0.1) is 19.8 Å². The zero-order valence-corrected chi connectivity index (χ0v) is 25.1. The Hall–Kier alpha value is -5.46. The molecule has 5 aromatic rings. The molecule has 13 heteroatoms. The summed E-state index contributed by atoms with van der Waals surface area (Å²) in [5, 5.41) is 53.9. The Morgan fingerprint density at radius 3 is 1.84 bits per heavy atom. The summed E-state index contributed by atoms with van der Waals surface area (Å²) in [6.45, 7) is 9.62. The molecule has 0 saturated carbocycles. The molecule has 0 fully saturated rings. The highest BCUT2D eigenvalue weighted by atomic mass is 16.3. The van der Waals surface area contributed by atoms with E-state index in [1.54, 1.807) is 50.5 Å². The van der Waals surface area contributed by atoms with Crippen LogP contribution >= 0.6 is 0 Å². The van der Waals surface area contributed by atoms with E-state index in [9.17, 15) is 10.2 Å². The summed E-state index contributed by atoms with van der Waals surface area (Å²) in [7, 11) is 0. The van der Waals surface area contributed by atoms with Crippen LogP contribution in [0.4, 0.5) is 5.69 Å². The van der Waals surface area contributed by atoms with Crippen molar-refractivity contribution in [2.24, 2.45) is 10.2 Å². The van der Waals surface area contributed by atoms with E-state index < -0.39 is 5.92 Å². The minimum atomic E-state index is -0.536. The molecular formula is C31H35N11O2. The minimum absolute atomic E-state index is 0.0808. The number of aromatic hydroxyl groups is 2. The predicted molar refractivity (Wildman–Crippen MR) is 167 cm³/mol. The predicted octanol–water partition coefficient (Wildman–Crippen LogP) is 4.26. The second-order valence-corrected chi connectivity index (χ2v) is 10.3. The third-order valence-electron chi connectivity index (χ3n) is 7.30. The fourth-order valence-corrected chi connectivity index (χ4v) is 4.93. The number of rotatable bonds is 12. The summed E-state index contributed by atoms with van der Waals surface area (Å²) < 4.78 is 0. The van der Waals surface area contributed by atoms with Gasteiger partial charge in [-0.3, -0.25) is 0 Å². The number of unbranched alkanes of at least 4 members (excludes halogenated alkanes) is 1. The van der Waals surface area contributed by atoms with Gasteiger partial charge >= 0.3 is 0 Å². The first-order valence-corrected chi connectivity index (χ1v) is 14.5. The van der Waals surface area contributed by atoms with Crippen molar-refractivity contribution in [3.8, 4) is 11.5 Å². The Kier molecular flexibility index (Phi) is 9.33. The number of phenolic OH excluding ortho intramolecular Hbond substituents is 2. The van der Waals surface area contributed by atoms with Gasteiger partial charge in [-0.1, -0.05) is 25.5 Å². The maximum absolute atomic E-state index is 11.3. The number of hydrogen-bond donors (Lipinski definition) is 2. The number of phenols is 2. The first-order chi connectivity index (χ1) is 21.4. The van der Waals surface area contributed by atoms with Crippen LogP contribution in [-0.4, -0.2) is 76.4 Å². The molecule has 5 rings (SSSR count). The summed E-state index contributed by atoms with van der Waals surface area (Å²) in [5.41, 5.74) is 4.60. The summed E-state index contributed by atoms with van der Waals surface area (Å²) in [5.74, 6) is 0.707. The summed E-state index contributed by atoms with van der Waals surface area (Å²) in [4.78, 5) is 4.98. The van der Waals surface area contributed by atoms with Crippen LogP contribution in [-0.2, 0) is 0 Å². The van der Waals surface area contributed by atoms with E-state index in [1.165, 1.54) is 9.58 Å². The van der Waals surface area contributed by atoms with Crippen LogP contribution in [0.15, 0.2) is 70.9 Å². The average molecular weight is 594 g/mol. The first-order valence-electron chi connectivity index (χ1n) is 14.5. The van der Waals surface area contributed by atoms with Crippen LogP contribution in [0.2, 0.25) is 0 Å². The molecule has 0 bridgehead atoms. The third-order valence-corrected chi connectivity index (χ3v) is 7.30. The van der Waals surface area contributed by atoms with Gasteiger partial charge < -0.3 is 15.1 Å². The Balaban J connectivity index is 1.63. The maximum Gasteiger partial charge on any atom is 0.173 e. The molecule has 0 spiro atoms. The molecule has 0 aliphatic carbocycles. The van der Waals surface area contributed by atoms with Gasteiger partial charge in [0.15, 0.2) is 11.6 Å². The van der Waals surface area contributed by atoms with E-state index in [4.69, 9.17) is 0 Å². The van der Waals surface area contributed by atoms with E-state index in [0.717, 1.165) is 48.3 Å². The number of nitrogens with zero attached hydrogens (tertiary/aromatic N) is 11. The van der Waals surface area contributed by atoms with E-state index in [-0.39, 0.29) is 11.5 Å². The molecule has 0 radical (unpaired) electrons. The topological polar surface area (TPSA) is 156 Å². The second kappa shape index (κ2) is 13.7. The van der Waals surface area contributed by atoms with Gasteiger partial charge in [0, 0.05) is 35.8 Å². The van der Waals surface area contributed by atoms with Crippen molar-refractivity contribution in [2.45, 2.75) is 46.5 Å². The van der Waals surface area contributed by atoms with Crippen LogP contribution in [0.25, 0.3) is 0 Å². The van der Waals surface area contributed by atoms with Crippen molar-refractivity contribution < 1.29 is 10.2 Å². The van der Waals surface area contributed by atoms with Gasteiger partial charge in [0.05, 0.1) is 12.4 Å². The fraction of sp³-hybridized carbons (Fsp3) is 0.290. The average Bonchev–Trinajstić information content (AvgIpc) is 3.65. The smallest absolute Gasteiger partial charge is 0.173 e. The fourth-order valence-electron chi connectivity index (χ4n) is 4.93.